The minimum absolute atomic E-state index is 0.174. The van der Waals surface area contributed by atoms with E-state index in [2.05, 4.69) is 30.8 Å². The lowest BCUT2D eigenvalue weighted by Gasteiger charge is -2.23. The first-order chi connectivity index (χ1) is 10.8. The van der Waals surface area contributed by atoms with Crippen molar-refractivity contribution in [2.75, 3.05) is 11.4 Å². The number of rotatable bonds is 5. The Morgan fingerprint density at radius 2 is 1.86 bits per heavy atom. The summed E-state index contributed by atoms with van der Waals surface area (Å²) in [5.41, 5.74) is 3.69. The predicted octanol–water partition coefficient (Wildman–Crippen LogP) is 4.33. The Balaban J connectivity index is 1.77. The van der Waals surface area contributed by atoms with Crippen LogP contribution in [0.15, 0.2) is 67.3 Å². The van der Waals surface area contributed by atoms with Crippen molar-refractivity contribution in [3.8, 4) is 0 Å². The summed E-state index contributed by atoms with van der Waals surface area (Å²) in [6, 6.07) is 18.3. The lowest BCUT2D eigenvalue weighted by Crippen LogP contribution is -2.31. The molecule has 1 unspecified atom stereocenters. The highest BCUT2D eigenvalue weighted by molar-refractivity contribution is 5.94. The van der Waals surface area contributed by atoms with E-state index in [-0.39, 0.29) is 5.91 Å². The van der Waals surface area contributed by atoms with E-state index < -0.39 is 0 Å². The molecule has 1 amide bonds. The fourth-order valence-corrected chi connectivity index (χ4v) is 3.27. The molecule has 1 aliphatic carbocycles. The number of carbonyl (C=O) groups excluding carboxylic acids is 1. The van der Waals surface area contributed by atoms with Crippen LogP contribution in [0.1, 0.15) is 29.9 Å². The van der Waals surface area contributed by atoms with E-state index in [1.807, 2.05) is 35.2 Å². The summed E-state index contributed by atoms with van der Waals surface area (Å²) in [4.78, 5) is 14.6. The molecule has 0 spiro atoms. The van der Waals surface area contributed by atoms with Gasteiger partial charge in [0.05, 0.1) is 0 Å². The summed E-state index contributed by atoms with van der Waals surface area (Å²) < 4.78 is 0. The highest BCUT2D eigenvalue weighted by Gasteiger charge is 2.26. The Hall–Kier alpha value is -2.35. The van der Waals surface area contributed by atoms with Crippen LogP contribution in [-0.4, -0.2) is 12.5 Å². The lowest BCUT2D eigenvalue weighted by atomic mass is 9.97. The minimum Gasteiger partial charge on any atom is -0.309 e. The van der Waals surface area contributed by atoms with Gasteiger partial charge in [-0.2, -0.15) is 0 Å². The van der Waals surface area contributed by atoms with Gasteiger partial charge in [-0.1, -0.05) is 48.5 Å². The third kappa shape index (κ3) is 2.96. The normalized spacial score (nSPS) is 16.1. The van der Waals surface area contributed by atoms with Crippen molar-refractivity contribution in [2.24, 2.45) is 0 Å². The molecule has 2 aromatic carbocycles. The second kappa shape index (κ2) is 6.61. The summed E-state index contributed by atoms with van der Waals surface area (Å²) in [5, 5.41) is 0. The lowest BCUT2D eigenvalue weighted by molar-refractivity contribution is -0.118. The fourth-order valence-electron chi connectivity index (χ4n) is 3.27. The summed E-state index contributed by atoms with van der Waals surface area (Å²) >= 11 is 0. The second-order valence-corrected chi connectivity index (χ2v) is 5.77. The number of hydrogen-bond donors (Lipinski definition) is 0. The molecule has 0 saturated carbocycles. The number of amides is 1. The average Bonchev–Trinajstić information content (AvgIpc) is 2.96. The van der Waals surface area contributed by atoms with Gasteiger partial charge in [-0.05, 0) is 42.0 Å². The van der Waals surface area contributed by atoms with Crippen LogP contribution < -0.4 is 4.90 Å². The Morgan fingerprint density at radius 3 is 2.64 bits per heavy atom. The van der Waals surface area contributed by atoms with Crippen molar-refractivity contribution in [3.05, 3.63) is 78.4 Å². The highest BCUT2D eigenvalue weighted by Crippen LogP contribution is 2.35. The second-order valence-electron chi connectivity index (χ2n) is 5.77. The van der Waals surface area contributed by atoms with Gasteiger partial charge in [-0.25, -0.2) is 0 Å². The molecule has 2 nitrogen and oxygen atoms in total. The van der Waals surface area contributed by atoms with Crippen molar-refractivity contribution >= 4 is 11.6 Å². The van der Waals surface area contributed by atoms with E-state index >= 15 is 0 Å². The van der Waals surface area contributed by atoms with Crippen LogP contribution >= 0.6 is 0 Å². The smallest absolute Gasteiger partial charge is 0.227 e. The van der Waals surface area contributed by atoms with Crippen molar-refractivity contribution in [1.29, 1.82) is 0 Å². The molecule has 1 atom stereocenters. The molecule has 0 aromatic heterocycles. The molecule has 22 heavy (non-hydrogen) atoms. The van der Waals surface area contributed by atoms with Gasteiger partial charge in [-0.3, -0.25) is 4.79 Å². The Labute approximate surface area is 132 Å². The van der Waals surface area contributed by atoms with Crippen molar-refractivity contribution in [1.82, 2.24) is 0 Å². The standard InChI is InChI=1S/C20H21NO/c1-2-14-21(18-9-4-3-5-10-18)20(22)15-17-13-12-16-8-6-7-11-19(16)17/h2-11,17H,1,12-15H2. The molecule has 0 N–H and O–H groups in total. The van der Waals surface area contributed by atoms with E-state index in [9.17, 15) is 4.79 Å². The number of hydrogen-bond acceptors (Lipinski definition) is 1. The molecule has 0 fully saturated rings. The van der Waals surface area contributed by atoms with E-state index in [1.54, 1.807) is 6.08 Å². The number of fused-ring (bicyclic) bond motifs is 1. The number of benzene rings is 2. The Kier molecular flexibility index (Phi) is 4.38. The number of para-hydroxylation sites is 1. The Bertz CT molecular complexity index is 662. The first kappa shape index (κ1) is 14.6. The summed E-state index contributed by atoms with van der Waals surface area (Å²) in [7, 11) is 0. The van der Waals surface area contributed by atoms with Gasteiger partial charge in [-0.15, -0.1) is 6.58 Å². The summed E-state index contributed by atoms with van der Waals surface area (Å²) in [6.07, 6.45) is 4.51. The maximum absolute atomic E-state index is 12.8. The van der Waals surface area contributed by atoms with Crippen LogP contribution in [0.3, 0.4) is 0 Å². The van der Waals surface area contributed by atoms with Crippen molar-refractivity contribution < 1.29 is 4.79 Å². The SMILES string of the molecule is C=CCN(C(=O)CC1CCc2ccccc21)c1ccccc1. The zero-order valence-corrected chi connectivity index (χ0v) is 12.7. The van der Waals surface area contributed by atoms with Crippen LogP contribution in [0.4, 0.5) is 5.69 Å². The number of anilines is 1. The van der Waals surface area contributed by atoms with Crippen LogP contribution in [0.25, 0.3) is 0 Å². The van der Waals surface area contributed by atoms with Crippen molar-refractivity contribution in [2.45, 2.75) is 25.2 Å². The molecular formula is C20H21NO. The topological polar surface area (TPSA) is 20.3 Å². The molecule has 0 saturated heterocycles. The van der Waals surface area contributed by atoms with Crippen molar-refractivity contribution in [3.63, 3.8) is 0 Å². The van der Waals surface area contributed by atoms with Crippen LogP contribution in [0.5, 0.6) is 0 Å². The van der Waals surface area contributed by atoms with Gasteiger partial charge in [0.1, 0.15) is 0 Å². The maximum atomic E-state index is 12.8. The van der Waals surface area contributed by atoms with Crippen LogP contribution in [-0.2, 0) is 11.2 Å². The zero-order chi connectivity index (χ0) is 15.4. The summed E-state index contributed by atoms with van der Waals surface area (Å²) in [6.45, 7) is 4.34. The molecule has 0 radical (unpaired) electrons. The van der Waals surface area contributed by atoms with E-state index in [4.69, 9.17) is 0 Å². The monoisotopic (exact) mass is 291 g/mol. The third-order valence-electron chi connectivity index (χ3n) is 4.36. The fraction of sp³-hybridized carbons (Fsp3) is 0.250. The van der Waals surface area contributed by atoms with Gasteiger partial charge in [0, 0.05) is 18.7 Å². The summed E-state index contributed by atoms with van der Waals surface area (Å²) in [5.74, 6) is 0.521. The highest BCUT2D eigenvalue weighted by atomic mass is 16.2. The number of carbonyl (C=O) groups is 1. The quantitative estimate of drug-likeness (QED) is 0.751. The number of nitrogens with zero attached hydrogens (tertiary/aromatic N) is 1. The van der Waals surface area contributed by atoms with Gasteiger partial charge in [0.25, 0.3) is 0 Å². The molecule has 2 aromatic rings. The molecule has 0 heterocycles. The van der Waals surface area contributed by atoms with Gasteiger partial charge in [0.15, 0.2) is 0 Å². The molecule has 3 rings (SSSR count). The van der Waals surface area contributed by atoms with Gasteiger partial charge >= 0.3 is 0 Å². The minimum atomic E-state index is 0.174. The van der Waals surface area contributed by atoms with Crippen LogP contribution in [0, 0.1) is 0 Å². The first-order valence-electron chi connectivity index (χ1n) is 7.83. The molecule has 0 aliphatic heterocycles. The average molecular weight is 291 g/mol. The van der Waals surface area contributed by atoms with Crippen LogP contribution in [0.2, 0.25) is 0 Å². The largest absolute Gasteiger partial charge is 0.309 e. The maximum Gasteiger partial charge on any atom is 0.227 e. The van der Waals surface area contributed by atoms with E-state index in [0.29, 0.717) is 18.9 Å². The predicted molar refractivity (Wildman–Crippen MR) is 91.1 cm³/mol. The first-order valence-corrected chi connectivity index (χ1v) is 7.83. The molecule has 1 aliphatic rings. The van der Waals surface area contributed by atoms with E-state index in [0.717, 1.165) is 18.5 Å². The van der Waals surface area contributed by atoms with Gasteiger partial charge < -0.3 is 4.90 Å². The molecule has 2 heteroatoms. The van der Waals surface area contributed by atoms with Gasteiger partial charge in [0.2, 0.25) is 5.91 Å². The Morgan fingerprint density at radius 1 is 1.14 bits per heavy atom. The molecule has 0 bridgehead atoms. The molecule has 112 valence electrons. The zero-order valence-electron chi connectivity index (χ0n) is 12.7. The van der Waals surface area contributed by atoms with E-state index in [1.165, 1.54) is 11.1 Å². The third-order valence-corrected chi connectivity index (χ3v) is 4.36. The molecular weight excluding hydrogens is 270 g/mol. The number of aryl methyl sites for hydroxylation is 1.